The molecule has 278 valence electrons. The molecule has 0 saturated heterocycles. The molecule has 0 saturated carbocycles. The van der Waals surface area contributed by atoms with Crippen molar-refractivity contribution >= 4 is 21.5 Å². The van der Waals surface area contributed by atoms with E-state index in [4.69, 9.17) is 9.97 Å². The molecule has 9 aromatic carbocycles. The van der Waals surface area contributed by atoms with Gasteiger partial charge in [0.15, 0.2) is 5.82 Å². The van der Waals surface area contributed by atoms with Crippen LogP contribution in [-0.2, 0) is 5.41 Å². The lowest BCUT2D eigenvalue weighted by molar-refractivity contribution is 0.666. The van der Waals surface area contributed by atoms with Crippen LogP contribution in [0.1, 0.15) is 25.0 Å². The van der Waals surface area contributed by atoms with Crippen molar-refractivity contribution in [2.45, 2.75) is 19.3 Å². The van der Waals surface area contributed by atoms with Crippen molar-refractivity contribution in [3.63, 3.8) is 0 Å². The predicted molar refractivity (Wildman–Crippen MR) is 247 cm³/mol. The molecule has 0 fully saturated rings. The summed E-state index contributed by atoms with van der Waals surface area (Å²) >= 11 is 0. The summed E-state index contributed by atoms with van der Waals surface area (Å²) in [7, 11) is 0. The van der Waals surface area contributed by atoms with Crippen molar-refractivity contribution in [2.75, 3.05) is 0 Å². The van der Waals surface area contributed by atoms with Crippen molar-refractivity contribution < 1.29 is 0 Å². The maximum absolute atomic E-state index is 5.34. The van der Waals surface area contributed by atoms with Crippen LogP contribution in [0.3, 0.4) is 0 Å². The molecule has 0 N–H and O–H groups in total. The Morgan fingerprint density at radius 1 is 0.322 bits per heavy atom. The zero-order chi connectivity index (χ0) is 39.5. The third-order valence-corrected chi connectivity index (χ3v) is 12.3. The van der Waals surface area contributed by atoms with Crippen LogP contribution in [-0.4, -0.2) is 9.97 Å². The molecule has 11 rings (SSSR count). The highest BCUT2D eigenvalue weighted by Gasteiger charge is 2.37. The van der Waals surface area contributed by atoms with E-state index in [-0.39, 0.29) is 5.41 Å². The fourth-order valence-electron chi connectivity index (χ4n) is 9.42. The molecule has 0 atom stereocenters. The standard InChI is InChI=1S/C57H40N2/c1-57(2)52-35-42(28-30-48(52)50-31-26-39-20-12-13-23-45(39)55(50)57)44-32-33-49(47-25-15-14-24-46(44)47)53-36-54(59-56(58-53)40-21-10-5-11-22-40)51-34-41(37-16-6-3-7-17-37)27-29-43(51)38-18-8-4-9-19-38/h3-36H,1-2H3. The second-order valence-electron chi connectivity index (χ2n) is 16.1. The van der Waals surface area contributed by atoms with Gasteiger partial charge in [0.2, 0.25) is 0 Å². The predicted octanol–water partition coefficient (Wildman–Crippen LogP) is 15.1. The molecule has 0 spiro atoms. The molecular formula is C57H40N2. The van der Waals surface area contributed by atoms with Gasteiger partial charge in [-0.25, -0.2) is 9.97 Å². The Balaban J connectivity index is 1.09. The zero-order valence-corrected chi connectivity index (χ0v) is 33.0. The Hall–Kier alpha value is -7.42. The molecule has 1 heterocycles. The minimum Gasteiger partial charge on any atom is -0.228 e. The van der Waals surface area contributed by atoms with Crippen LogP contribution < -0.4 is 0 Å². The van der Waals surface area contributed by atoms with Crippen LogP contribution >= 0.6 is 0 Å². The Morgan fingerprint density at radius 3 is 1.58 bits per heavy atom. The van der Waals surface area contributed by atoms with E-state index < -0.39 is 0 Å². The summed E-state index contributed by atoms with van der Waals surface area (Å²) in [6, 6.07) is 74.3. The number of aromatic nitrogens is 2. The Bertz CT molecular complexity index is 3220. The van der Waals surface area contributed by atoms with Gasteiger partial charge in [0.25, 0.3) is 0 Å². The van der Waals surface area contributed by atoms with Crippen molar-refractivity contribution in [2.24, 2.45) is 0 Å². The fourth-order valence-corrected chi connectivity index (χ4v) is 9.42. The molecule has 10 aromatic rings. The minimum atomic E-state index is -0.140. The van der Waals surface area contributed by atoms with E-state index in [2.05, 4.69) is 214 Å². The molecule has 0 aliphatic heterocycles. The van der Waals surface area contributed by atoms with Gasteiger partial charge in [0.1, 0.15) is 0 Å². The van der Waals surface area contributed by atoms with Crippen LogP contribution in [0.4, 0.5) is 0 Å². The van der Waals surface area contributed by atoms with Crippen LogP contribution in [0, 0.1) is 0 Å². The van der Waals surface area contributed by atoms with Crippen LogP contribution in [0.5, 0.6) is 0 Å². The average Bonchev–Trinajstić information content (AvgIpc) is 3.54. The molecule has 0 unspecified atom stereocenters. The molecule has 59 heavy (non-hydrogen) atoms. The molecule has 1 aliphatic carbocycles. The number of hydrogen-bond acceptors (Lipinski definition) is 2. The van der Waals surface area contributed by atoms with Gasteiger partial charge in [0.05, 0.1) is 11.4 Å². The fraction of sp³-hybridized carbons (Fsp3) is 0.0526. The quantitative estimate of drug-likeness (QED) is 0.169. The topological polar surface area (TPSA) is 25.8 Å². The van der Waals surface area contributed by atoms with E-state index in [1.54, 1.807) is 0 Å². The summed E-state index contributed by atoms with van der Waals surface area (Å²) in [5.41, 5.74) is 17.2. The molecule has 0 bridgehead atoms. The van der Waals surface area contributed by atoms with Crippen molar-refractivity contribution in [1.82, 2.24) is 9.97 Å². The normalized spacial score (nSPS) is 12.7. The first-order valence-corrected chi connectivity index (χ1v) is 20.4. The van der Waals surface area contributed by atoms with Gasteiger partial charge in [-0.3, -0.25) is 0 Å². The highest BCUT2D eigenvalue weighted by Crippen LogP contribution is 2.52. The number of fused-ring (bicyclic) bond motifs is 6. The van der Waals surface area contributed by atoms with E-state index in [0.29, 0.717) is 5.82 Å². The molecule has 0 amide bonds. The summed E-state index contributed by atoms with van der Waals surface area (Å²) in [5.74, 6) is 0.698. The summed E-state index contributed by atoms with van der Waals surface area (Å²) < 4.78 is 0. The van der Waals surface area contributed by atoms with Gasteiger partial charge < -0.3 is 0 Å². The molecule has 2 heteroatoms. The minimum absolute atomic E-state index is 0.140. The first-order valence-electron chi connectivity index (χ1n) is 20.4. The maximum atomic E-state index is 5.34. The number of hydrogen-bond donors (Lipinski definition) is 0. The summed E-state index contributed by atoms with van der Waals surface area (Å²) in [5, 5.41) is 4.98. The number of benzene rings is 9. The summed E-state index contributed by atoms with van der Waals surface area (Å²) in [6.45, 7) is 4.76. The molecule has 1 aliphatic rings. The second kappa shape index (κ2) is 13.9. The third kappa shape index (κ3) is 5.87. The smallest absolute Gasteiger partial charge is 0.160 e. The zero-order valence-electron chi connectivity index (χ0n) is 33.0. The highest BCUT2D eigenvalue weighted by molar-refractivity contribution is 6.06. The number of nitrogens with zero attached hydrogens (tertiary/aromatic N) is 2. The molecule has 2 nitrogen and oxygen atoms in total. The summed E-state index contributed by atoms with van der Waals surface area (Å²) in [4.78, 5) is 10.7. The molecule has 0 radical (unpaired) electrons. The van der Waals surface area contributed by atoms with E-state index in [1.807, 2.05) is 6.07 Å². The lowest BCUT2D eigenvalue weighted by Crippen LogP contribution is -2.15. The lowest BCUT2D eigenvalue weighted by atomic mass is 9.79. The first-order chi connectivity index (χ1) is 29.0. The van der Waals surface area contributed by atoms with Gasteiger partial charge in [-0.15, -0.1) is 0 Å². The monoisotopic (exact) mass is 752 g/mol. The van der Waals surface area contributed by atoms with Gasteiger partial charge in [-0.1, -0.05) is 202 Å². The van der Waals surface area contributed by atoms with Gasteiger partial charge in [0, 0.05) is 22.1 Å². The van der Waals surface area contributed by atoms with Crippen LogP contribution in [0.15, 0.2) is 206 Å². The summed E-state index contributed by atoms with van der Waals surface area (Å²) in [6.07, 6.45) is 0. The SMILES string of the molecule is CC1(C)c2cc(-c3ccc(-c4cc(-c5cc(-c6ccccc6)ccc5-c5ccccc5)nc(-c5ccccc5)n4)c4ccccc34)ccc2-c2ccc3ccccc3c21. The van der Waals surface area contributed by atoms with E-state index in [1.165, 1.54) is 55.1 Å². The highest BCUT2D eigenvalue weighted by atomic mass is 14.9. The molecular weight excluding hydrogens is 713 g/mol. The molecule has 1 aromatic heterocycles. The van der Waals surface area contributed by atoms with Crippen LogP contribution in [0.2, 0.25) is 0 Å². The third-order valence-electron chi connectivity index (χ3n) is 12.3. The first kappa shape index (κ1) is 34.8. The number of rotatable bonds is 6. The Morgan fingerprint density at radius 2 is 0.847 bits per heavy atom. The van der Waals surface area contributed by atoms with Gasteiger partial charge in [-0.2, -0.15) is 0 Å². The van der Waals surface area contributed by atoms with Crippen LogP contribution in [0.25, 0.3) is 100.0 Å². The van der Waals surface area contributed by atoms with E-state index >= 15 is 0 Å². The average molecular weight is 753 g/mol. The Kier molecular flexibility index (Phi) is 8.20. The van der Waals surface area contributed by atoms with Crippen molar-refractivity contribution in [3.8, 4) is 78.4 Å². The second-order valence-corrected chi connectivity index (χ2v) is 16.1. The van der Waals surface area contributed by atoms with Gasteiger partial charge >= 0.3 is 0 Å². The van der Waals surface area contributed by atoms with Gasteiger partial charge in [-0.05, 0) is 95.4 Å². The largest absolute Gasteiger partial charge is 0.228 e. The van der Waals surface area contributed by atoms with E-state index in [0.717, 1.165) is 50.2 Å². The van der Waals surface area contributed by atoms with Crippen molar-refractivity contribution in [1.29, 1.82) is 0 Å². The lowest BCUT2D eigenvalue weighted by Gasteiger charge is -2.24. The maximum Gasteiger partial charge on any atom is 0.160 e. The van der Waals surface area contributed by atoms with E-state index in [9.17, 15) is 0 Å². The Labute approximate surface area is 345 Å². The van der Waals surface area contributed by atoms with Crippen molar-refractivity contribution in [3.05, 3.63) is 217 Å².